The lowest BCUT2D eigenvalue weighted by atomic mass is 10.0. The highest BCUT2D eigenvalue weighted by Crippen LogP contribution is 2.41. The van der Waals surface area contributed by atoms with E-state index in [-0.39, 0.29) is 0 Å². The minimum atomic E-state index is -0.426. The molecule has 0 aromatic rings. The standard InChI is InChI=1S/C10H19N3S/c1-2-7-12-10(11)13-8-5-3-4-6-9(8)14-10/h12-13H,2-7,11H2,1H3. The summed E-state index contributed by atoms with van der Waals surface area (Å²) in [5.74, 6) is 0. The van der Waals surface area contributed by atoms with E-state index in [4.69, 9.17) is 5.73 Å². The van der Waals surface area contributed by atoms with E-state index >= 15 is 0 Å². The maximum atomic E-state index is 6.20. The van der Waals surface area contributed by atoms with E-state index in [2.05, 4.69) is 17.6 Å². The van der Waals surface area contributed by atoms with Crippen molar-refractivity contribution in [2.75, 3.05) is 6.54 Å². The minimum Gasteiger partial charge on any atom is -0.349 e. The predicted molar refractivity (Wildman–Crippen MR) is 61.4 cm³/mol. The fourth-order valence-corrected chi connectivity index (χ4v) is 3.22. The maximum absolute atomic E-state index is 6.20. The zero-order valence-corrected chi connectivity index (χ0v) is 9.54. The molecule has 2 aliphatic rings. The highest BCUT2D eigenvalue weighted by Gasteiger charge is 2.35. The van der Waals surface area contributed by atoms with Gasteiger partial charge < -0.3 is 5.32 Å². The van der Waals surface area contributed by atoms with Crippen molar-refractivity contribution in [1.29, 1.82) is 0 Å². The number of nitrogens with two attached hydrogens (primary N) is 1. The Kier molecular flexibility index (Phi) is 3.04. The first-order valence-corrected chi connectivity index (χ1v) is 6.28. The Balaban J connectivity index is 1.95. The van der Waals surface area contributed by atoms with E-state index in [9.17, 15) is 0 Å². The first-order chi connectivity index (χ1) is 6.73. The molecule has 0 spiro atoms. The molecule has 0 aromatic heterocycles. The van der Waals surface area contributed by atoms with Crippen LogP contribution in [0.25, 0.3) is 0 Å². The Morgan fingerprint density at radius 3 is 3.00 bits per heavy atom. The summed E-state index contributed by atoms with van der Waals surface area (Å²) < 4.78 is 0. The quantitative estimate of drug-likeness (QED) is 0.624. The minimum absolute atomic E-state index is 0.426. The molecule has 0 radical (unpaired) electrons. The Bertz CT molecular complexity index is 232. The molecule has 1 unspecified atom stereocenters. The van der Waals surface area contributed by atoms with E-state index in [0.29, 0.717) is 0 Å². The summed E-state index contributed by atoms with van der Waals surface area (Å²) in [6.45, 7) is 3.13. The van der Waals surface area contributed by atoms with Crippen LogP contribution in [0.3, 0.4) is 0 Å². The number of allylic oxidation sites excluding steroid dienone is 2. The first-order valence-electron chi connectivity index (χ1n) is 5.46. The summed E-state index contributed by atoms with van der Waals surface area (Å²) in [5, 5.41) is 6.34. The van der Waals surface area contributed by atoms with Crippen molar-refractivity contribution in [1.82, 2.24) is 10.6 Å². The fourth-order valence-electron chi connectivity index (χ4n) is 1.96. The van der Waals surface area contributed by atoms with Gasteiger partial charge in [0.25, 0.3) is 0 Å². The van der Waals surface area contributed by atoms with Crippen molar-refractivity contribution in [2.45, 2.75) is 44.1 Å². The molecular formula is C10H19N3S. The lowest BCUT2D eigenvalue weighted by Crippen LogP contribution is -2.58. The molecule has 0 saturated carbocycles. The van der Waals surface area contributed by atoms with Gasteiger partial charge in [-0.3, -0.25) is 11.1 Å². The van der Waals surface area contributed by atoms with Crippen LogP contribution in [0.15, 0.2) is 10.6 Å². The molecule has 1 atom stereocenters. The predicted octanol–water partition coefficient (Wildman–Crippen LogP) is 1.68. The number of nitrogens with one attached hydrogen (secondary N) is 2. The Hall–Kier alpha value is -0.190. The molecule has 0 aromatic carbocycles. The summed E-state index contributed by atoms with van der Waals surface area (Å²) >= 11 is 1.77. The van der Waals surface area contributed by atoms with E-state index in [0.717, 1.165) is 13.0 Å². The van der Waals surface area contributed by atoms with Crippen molar-refractivity contribution >= 4 is 11.8 Å². The van der Waals surface area contributed by atoms with Gasteiger partial charge in [-0.1, -0.05) is 18.7 Å². The average Bonchev–Trinajstić information content (AvgIpc) is 2.51. The molecular weight excluding hydrogens is 194 g/mol. The lowest BCUT2D eigenvalue weighted by molar-refractivity contribution is 0.425. The molecule has 1 heterocycles. The molecule has 0 bridgehead atoms. The molecule has 2 rings (SSSR count). The van der Waals surface area contributed by atoms with Crippen molar-refractivity contribution in [3.63, 3.8) is 0 Å². The van der Waals surface area contributed by atoms with E-state index in [1.807, 2.05) is 0 Å². The molecule has 14 heavy (non-hydrogen) atoms. The van der Waals surface area contributed by atoms with Gasteiger partial charge in [-0.2, -0.15) is 0 Å². The van der Waals surface area contributed by atoms with Crippen LogP contribution in [-0.2, 0) is 0 Å². The SMILES string of the molecule is CCCNC1(N)NC2=C(CCCC2)S1. The smallest absolute Gasteiger partial charge is 0.195 e. The summed E-state index contributed by atoms with van der Waals surface area (Å²) in [6, 6.07) is 0. The van der Waals surface area contributed by atoms with Crippen LogP contribution in [0.5, 0.6) is 0 Å². The highest BCUT2D eigenvalue weighted by atomic mass is 32.2. The van der Waals surface area contributed by atoms with Crippen molar-refractivity contribution in [2.24, 2.45) is 5.73 Å². The van der Waals surface area contributed by atoms with Crippen LogP contribution in [0.1, 0.15) is 39.0 Å². The highest BCUT2D eigenvalue weighted by molar-refractivity contribution is 8.04. The van der Waals surface area contributed by atoms with Gasteiger partial charge in [0, 0.05) is 10.6 Å². The molecule has 0 fully saturated rings. The molecule has 80 valence electrons. The lowest BCUT2D eigenvalue weighted by Gasteiger charge is -2.26. The van der Waals surface area contributed by atoms with Crippen LogP contribution < -0.4 is 16.4 Å². The van der Waals surface area contributed by atoms with Crippen molar-refractivity contribution < 1.29 is 0 Å². The second kappa shape index (κ2) is 4.13. The van der Waals surface area contributed by atoms with E-state index in [1.165, 1.54) is 36.3 Å². The van der Waals surface area contributed by atoms with Gasteiger partial charge in [0.15, 0.2) is 5.12 Å². The second-order valence-electron chi connectivity index (χ2n) is 4.00. The first kappa shape index (κ1) is 10.3. The van der Waals surface area contributed by atoms with Crippen LogP contribution >= 0.6 is 11.8 Å². The molecule has 4 N–H and O–H groups in total. The van der Waals surface area contributed by atoms with Crippen molar-refractivity contribution in [3.8, 4) is 0 Å². The monoisotopic (exact) mass is 213 g/mol. The summed E-state index contributed by atoms with van der Waals surface area (Å²) in [5.41, 5.74) is 7.59. The Labute approximate surface area is 89.9 Å². The number of rotatable bonds is 3. The zero-order chi connectivity index (χ0) is 10.0. The average molecular weight is 213 g/mol. The van der Waals surface area contributed by atoms with E-state index in [1.54, 1.807) is 11.8 Å². The van der Waals surface area contributed by atoms with E-state index < -0.39 is 5.12 Å². The van der Waals surface area contributed by atoms with Crippen molar-refractivity contribution in [3.05, 3.63) is 10.6 Å². The van der Waals surface area contributed by atoms with Crippen LogP contribution in [0, 0.1) is 0 Å². The van der Waals surface area contributed by atoms with Gasteiger partial charge in [-0.25, -0.2) is 0 Å². The number of hydrogen-bond donors (Lipinski definition) is 3. The number of hydrogen-bond acceptors (Lipinski definition) is 4. The largest absolute Gasteiger partial charge is 0.349 e. The molecule has 4 heteroatoms. The third kappa shape index (κ3) is 2.07. The molecule has 1 aliphatic heterocycles. The van der Waals surface area contributed by atoms with Gasteiger partial charge in [0.2, 0.25) is 0 Å². The maximum Gasteiger partial charge on any atom is 0.195 e. The fraction of sp³-hybridized carbons (Fsp3) is 0.800. The Morgan fingerprint density at radius 1 is 1.50 bits per heavy atom. The molecule has 1 aliphatic carbocycles. The van der Waals surface area contributed by atoms with Gasteiger partial charge in [0.1, 0.15) is 0 Å². The summed E-state index contributed by atoms with van der Waals surface area (Å²) in [6.07, 6.45) is 6.12. The third-order valence-corrected chi connectivity index (χ3v) is 3.94. The summed E-state index contributed by atoms with van der Waals surface area (Å²) in [7, 11) is 0. The second-order valence-corrected chi connectivity index (χ2v) is 5.34. The normalized spacial score (nSPS) is 31.6. The van der Waals surface area contributed by atoms with Crippen LogP contribution in [0.4, 0.5) is 0 Å². The van der Waals surface area contributed by atoms with Gasteiger partial charge in [-0.05, 0) is 38.6 Å². The molecule has 0 saturated heterocycles. The topological polar surface area (TPSA) is 50.1 Å². The zero-order valence-electron chi connectivity index (χ0n) is 8.73. The Morgan fingerprint density at radius 2 is 2.29 bits per heavy atom. The van der Waals surface area contributed by atoms with Gasteiger partial charge in [-0.15, -0.1) is 0 Å². The van der Waals surface area contributed by atoms with Gasteiger partial charge in [0.05, 0.1) is 0 Å². The van der Waals surface area contributed by atoms with Crippen LogP contribution in [-0.4, -0.2) is 11.7 Å². The summed E-state index contributed by atoms with van der Waals surface area (Å²) in [4.78, 5) is 1.47. The van der Waals surface area contributed by atoms with Gasteiger partial charge >= 0.3 is 0 Å². The number of thioether (sulfide) groups is 1. The molecule has 0 amide bonds. The molecule has 3 nitrogen and oxygen atoms in total. The third-order valence-electron chi connectivity index (χ3n) is 2.68. The van der Waals surface area contributed by atoms with Crippen LogP contribution in [0.2, 0.25) is 0 Å².